The van der Waals surface area contributed by atoms with Crippen LogP contribution in [0.15, 0.2) is 24.3 Å². The van der Waals surface area contributed by atoms with Crippen molar-refractivity contribution in [2.75, 3.05) is 11.9 Å². The molecule has 0 bridgehead atoms. The molecule has 106 valence electrons. The van der Waals surface area contributed by atoms with Crippen LogP contribution in [0.4, 0.5) is 23.7 Å². The highest BCUT2D eigenvalue weighted by atomic mass is 19.4. The Hall–Kier alpha value is -1.76. The Morgan fingerprint density at radius 1 is 1.37 bits per heavy atom. The minimum Gasteiger partial charge on any atom is -0.396 e. The molecule has 0 aromatic heterocycles. The number of amides is 2. The van der Waals surface area contributed by atoms with E-state index in [-0.39, 0.29) is 18.3 Å². The van der Waals surface area contributed by atoms with Crippen LogP contribution in [0.2, 0.25) is 0 Å². The van der Waals surface area contributed by atoms with Crippen molar-refractivity contribution < 1.29 is 23.1 Å². The first-order valence-corrected chi connectivity index (χ1v) is 5.69. The van der Waals surface area contributed by atoms with Gasteiger partial charge in [-0.05, 0) is 25.5 Å². The summed E-state index contributed by atoms with van der Waals surface area (Å²) in [6.45, 7) is 1.53. The summed E-state index contributed by atoms with van der Waals surface area (Å²) in [6, 6.07) is 3.66. The molecule has 0 radical (unpaired) electrons. The summed E-state index contributed by atoms with van der Waals surface area (Å²) in [4.78, 5) is 11.5. The lowest BCUT2D eigenvalue weighted by atomic mass is 10.1. The van der Waals surface area contributed by atoms with Crippen LogP contribution in [-0.2, 0) is 6.18 Å². The highest BCUT2D eigenvalue weighted by Crippen LogP contribution is 2.34. The third-order valence-corrected chi connectivity index (χ3v) is 2.42. The summed E-state index contributed by atoms with van der Waals surface area (Å²) in [5.74, 6) is 0. The van der Waals surface area contributed by atoms with Crippen LogP contribution >= 0.6 is 0 Å². The number of hydrogen-bond donors (Lipinski definition) is 3. The molecule has 0 aliphatic heterocycles. The van der Waals surface area contributed by atoms with E-state index in [9.17, 15) is 18.0 Å². The molecule has 0 saturated heterocycles. The second kappa shape index (κ2) is 6.42. The minimum absolute atomic E-state index is 0.111. The van der Waals surface area contributed by atoms with Gasteiger partial charge < -0.3 is 15.7 Å². The van der Waals surface area contributed by atoms with Crippen molar-refractivity contribution >= 4 is 11.7 Å². The van der Waals surface area contributed by atoms with Crippen molar-refractivity contribution in [2.24, 2.45) is 0 Å². The van der Waals surface area contributed by atoms with E-state index in [1.165, 1.54) is 18.2 Å². The fourth-order valence-electron chi connectivity index (χ4n) is 1.49. The van der Waals surface area contributed by atoms with Gasteiger partial charge in [0.2, 0.25) is 0 Å². The van der Waals surface area contributed by atoms with Crippen LogP contribution in [0.5, 0.6) is 0 Å². The van der Waals surface area contributed by atoms with Crippen molar-refractivity contribution in [3.8, 4) is 0 Å². The van der Waals surface area contributed by atoms with Crippen LogP contribution in [0.3, 0.4) is 0 Å². The average Bonchev–Trinajstić information content (AvgIpc) is 2.28. The SMILES string of the molecule is CC(CCO)NC(=O)Nc1ccccc1C(F)(F)F. The number of nitrogens with one attached hydrogen (secondary N) is 2. The average molecular weight is 276 g/mol. The molecule has 1 aromatic rings. The highest BCUT2D eigenvalue weighted by Gasteiger charge is 2.33. The van der Waals surface area contributed by atoms with E-state index in [2.05, 4.69) is 10.6 Å². The third-order valence-electron chi connectivity index (χ3n) is 2.42. The Kier molecular flexibility index (Phi) is 5.17. The number of para-hydroxylation sites is 1. The quantitative estimate of drug-likeness (QED) is 0.791. The molecule has 0 fully saturated rings. The predicted molar refractivity (Wildman–Crippen MR) is 64.8 cm³/mol. The summed E-state index contributed by atoms with van der Waals surface area (Å²) >= 11 is 0. The Morgan fingerprint density at radius 3 is 2.58 bits per heavy atom. The first kappa shape index (κ1) is 15.3. The van der Waals surface area contributed by atoms with Gasteiger partial charge in [0.25, 0.3) is 0 Å². The Labute approximate surface area is 108 Å². The molecule has 0 aliphatic rings. The number of carbonyl (C=O) groups is 1. The number of halogens is 3. The molecular weight excluding hydrogens is 261 g/mol. The maximum atomic E-state index is 12.7. The van der Waals surface area contributed by atoms with E-state index < -0.39 is 17.8 Å². The van der Waals surface area contributed by atoms with Crippen LogP contribution in [0, 0.1) is 0 Å². The topological polar surface area (TPSA) is 61.4 Å². The molecule has 7 heteroatoms. The fraction of sp³-hybridized carbons (Fsp3) is 0.417. The Balaban J connectivity index is 2.75. The molecule has 4 nitrogen and oxygen atoms in total. The van der Waals surface area contributed by atoms with Crippen molar-refractivity contribution in [3.05, 3.63) is 29.8 Å². The van der Waals surface area contributed by atoms with Crippen molar-refractivity contribution in [3.63, 3.8) is 0 Å². The zero-order chi connectivity index (χ0) is 14.5. The monoisotopic (exact) mass is 276 g/mol. The fourth-order valence-corrected chi connectivity index (χ4v) is 1.49. The van der Waals surface area contributed by atoms with Gasteiger partial charge in [-0.15, -0.1) is 0 Å². The maximum Gasteiger partial charge on any atom is 0.418 e. The number of aliphatic hydroxyl groups excluding tert-OH is 1. The molecule has 0 saturated carbocycles. The lowest BCUT2D eigenvalue weighted by Crippen LogP contribution is -2.37. The lowest BCUT2D eigenvalue weighted by molar-refractivity contribution is -0.136. The standard InChI is InChI=1S/C12H15F3N2O2/c1-8(6-7-18)16-11(19)17-10-5-3-2-4-9(10)12(13,14)15/h2-5,8,18H,6-7H2,1H3,(H2,16,17,19). The zero-order valence-electron chi connectivity index (χ0n) is 10.3. The lowest BCUT2D eigenvalue weighted by Gasteiger charge is -2.16. The number of aliphatic hydroxyl groups is 1. The maximum absolute atomic E-state index is 12.7. The van der Waals surface area contributed by atoms with Crippen LogP contribution in [0.1, 0.15) is 18.9 Å². The molecular formula is C12H15F3N2O2. The van der Waals surface area contributed by atoms with Gasteiger partial charge in [0.05, 0.1) is 11.3 Å². The predicted octanol–water partition coefficient (Wildman–Crippen LogP) is 2.60. The van der Waals surface area contributed by atoms with Gasteiger partial charge in [0, 0.05) is 12.6 Å². The molecule has 1 atom stereocenters. The van der Waals surface area contributed by atoms with Crippen LogP contribution < -0.4 is 10.6 Å². The van der Waals surface area contributed by atoms with Gasteiger partial charge in [-0.1, -0.05) is 12.1 Å². The molecule has 0 heterocycles. The molecule has 3 N–H and O–H groups in total. The van der Waals surface area contributed by atoms with Crippen molar-refractivity contribution in [1.29, 1.82) is 0 Å². The van der Waals surface area contributed by atoms with Gasteiger partial charge in [-0.25, -0.2) is 4.79 Å². The number of hydrogen-bond acceptors (Lipinski definition) is 2. The highest BCUT2D eigenvalue weighted by molar-refractivity contribution is 5.90. The molecule has 1 unspecified atom stereocenters. The molecule has 2 amide bonds. The van der Waals surface area contributed by atoms with Gasteiger partial charge in [-0.2, -0.15) is 13.2 Å². The Morgan fingerprint density at radius 2 is 2.00 bits per heavy atom. The summed E-state index contributed by atoms with van der Waals surface area (Å²) in [5.41, 5.74) is -1.20. The van der Waals surface area contributed by atoms with E-state index in [4.69, 9.17) is 5.11 Å². The van der Waals surface area contributed by atoms with E-state index in [1.54, 1.807) is 6.92 Å². The molecule has 1 aromatic carbocycles. The van der Waals surface area contributed by atoms with E-state index in [1.807, 2.05) is 0 Å². The second-order valence-electron chi connectivity index (χ2n) is 4.06. The number of urea groups is 1. The molecule has 1 rings (SSSR count). The van der Waals surface area contributed by atoms with Crippen molar-refractivity contribution in [1.82, 2.24) is 5.32 Å². The summed E-state index contributed by atoms with van der Waals surface area (Å²) in [5, 5.41) is 13.3. The second-order valence-corrected chi connectivity index (χ2v) is 4.06. The molecule has 0 spiro atoms. The number of benzene rings is 1. The van der Waals surface area contributed by atoms with E-state index in [0.717, 1.165) is 6.07 Å². The normalized spacial score (nSPS) is 12.9. The van der Waals surface area contributed by atoms with E-state index in [0.29, 0.717) is 6.42 Å². The number of anilines is 1. The first-order chi connectivity index (χ1) is 8.84. The third kappa shape index (κ3) is 4.78. The van der Waals surface area contributed by atoms with Gasteiger partial charge in [-0.3, -0.25) is 0 Å². The number of carbonyl (C=O) groups excluding carboxylic acids is 1. The summed E-state index contributed by atoms with van der Waals surface area (Å²) < 4.78 is 38.0. The smallest absolute Gasteiger partial charge is 0.396 e. The number of alkyl halides is 3. The van der Waals surface area contributed by atoms with Crippen LogP contribution in [0.25, 0.3) is 0 Å². The van der Waals surface area contributed by atoms with Gasteiger partial charge in [0.15, 0.2) is 0 Å². The molecule has 19 heavy (non-hydrogen) atoms. The van der Waals surface area contributed by atoms with Crippen LogP contribution in [-0.4, -0.2) is 23.8 Å². The first-order valence-electron chi connectivity index (χ1n) is 5.69. The summed E-state index contributed by atoms with van der Waals surface area (Å²) in [7, 11) is 0. The zero-order valence-corrected chi connectivity index (χ0v) is 10.3. The van der Waals surface area contributed by atoms with Gasteiger partial charge in [0.1, 0.15) is 0 Å². The van der Waals surface area contributed by atoms with E-state index >= 15 is 0 Å². The molecule has 0 aliphatic carbocycles. The number of rotatable bonds is 4. The summed E-state index contributed by atoms with van der Waals surface area (Å²) in [6.07, 6.45) is -4.20. The Bertz CT molecular complexity index is 435. The van der Waals surface area contributed by atoms with Gasteiger partial charge >= 0.3 is 12.2 Å². The largest absolute Gasteiger partial charge is 0.418 e. The minimum atomic E-state index is -4.53. The van der Waals surface area contributed by atoms with Crippen molar-refractivity contribution in [2.45, 2.75) is 25.6 Å².